The first-order chi connectivity index (χ1) is 9.19. The molecule has 5 nitrogen and oxygen atoms in total. The van der Waals surface area contributed by atoms with Gasteiger partial charge in [0.25, 0.3) is 5.56 Å². The molecule has 2 rings (SSSR count). The Balaban J connectivity index is 2.50. The van der Waals surface area contributed by atoms with Gasteiger partial charge in [0.15, 0.2) is 11.5 Å². The molecule has 0 aliphatic heterocycles. The third kappa shape index (κ3) is 2.59. The molecular weight excluding hydrogens is 244 g/mol. The van der Waals surface area contributed by atoms with Crippen LogP contribution in [0.25, 0.3) is 11.3 Å². The first-order valence-corrected chi connectivity index (χ1v) is 6.00. The fraction of sp³-hybridized carbons (Fsp3) is 0.286. The number of nitrogens with zero attached hydrogens (tertiary/aromatic N) is 2. The van der Waals surface area contributed by atoms with Gasteiger partial charge in [0.2, 0.25) is 0 Å². The Morgan fingerprint density at radius 1 is 1.11 bits per heavy atom. The Kier molecular flexibility index (Phi) is 3.85. The quantitative estimate of drug-likeness (QED) is 0.843. The van der Waals surface area contributed by atoms with Crippen molar-refractivity contribution in [2.45, 2.75) is 13.5 Å². The van der Waals surface area contributed by atoms with Crippen LogP contribution < -0.4 is 15.0 Å². The van der Waals surface area contributed by atoms with E-state index in [4.69, 9.17) is 9.47 Å². The molecule has 0 saturated heterocycles. The van der Waals surface area contributed by atoms with Crippen molar-refractivity contribution in [2.75, 3.05) is 14.2 Å². The third-order valence-corrected chi connectivity index (χ3v) is 2.85. The molecule has 2 aromatic rings. The van der Waals surface area contributed by atoms with Gasteiger partial charge < -0.3 is 9.47 Å². The Morgan fingerprint density at radius 2 is 1.84 bits per heavy atom. The molecule has 1 heterocycles. The van der Waals surface area contributed by atoms with Gasteiger partial charge in [0.05, 0.1) is 19.9 Å². The van der Waals surface area contributed by atoms with E-state index in [0.29, 0.717) is 18.0 Å². The summed E-state index contributed by atoms with van der Waals surface area (Å²) < 4.78 is 11.9. The molecule has 0 fully saturated rings. The SMILES string of the molecule is CCn1nc(-c2ccc(OC)c(OC)c2)ccc1=O. The maximum absolute atomic E-state index is 11.5. The Hall–Kier alpha value is -2.30. The fourth-order valence-corrected chi connectivity index (χ4v) is 1.82. The van der Waals surface area contributed by atoms with E-state index in [0.717, 1.165) is 11.3 Å². The molecule has 0 N–H and O–H groups in total. The third-order valence-electron chi connectivity index (χ3n) is 2.85. The highest BCUT2D eigenvalue weighted by molar-refractivity contribution is 5.63. The molecule has 0 spiro atoms. The molecule has 0 unspecified atom stereocenters. The summed E-state index contributed by atoms with van der Waals surface area (Å²) in [6.07, 6.45) is 0. The molecule has 5 heteroatoms. The van der Waals surface area contributed by atoms with E-state index >= 15 is 0 Å². The van der Waals surface area contributed by atoms with E-state index in [9.17, 15) is 4.79 Å². The smallest absolute Gasteiger partial charge is 0.266 e. The Labute approximate surface area is 111 Å². The van der Waals surface area contributed by atoms with Gasteiger partial charge in [-0.1, -0.05) is 0 Å². The monoisotopic (exact) mass is 260 g/mol. The first-order valence-electron chi connectivity index (χ1n) is 6.00. The van der Waals surface area contributed by atoms with Gasteiger partial charge in [0, 0.05) is 18.2 Å². The number of hydrogen-bond acceptors (Lipinski definition) is 4. The molecule has 0 radical (unpaired) electrons. The standard InChI is InChI=1S/C14H16N2O3/c1-4-16-14(17)8-6-11(15-16)10-5-7-12(18-2)13(9-10)19-3/h5-9H,4H2,1-3H3. The van der Waals surface area contributed by atoms with Crippen LogP contribution in [0.4, 0.5) is 0 Å². The van der Waals surface area contributed by atoms with Crippen LogP contribution in [0.5, 0.6) is 11.5 Å². The van der Waals surface area contributed by atoms with Crippen LogP contribution in [0.3, 0.4) is 0 Å². The molecule has 1 aromatic heterocycles. The van der Waals surface area contributed by atoms with Crippen LogP contribution in [0, 0.1) is 0 Å². The molecule has 0 aliphatic rings. The summed E-state index contributed by atoms with van der Waals surface area (Å²) >= 11 is 0. The van der Waals surface area contributed by atoms with Gasteiger partial charge in [-0.2, -0.15) is 5.10 Å². The number of ether oxygens (including phenoxy) is 2. The molecule has 0 aliphatic carbocycles. The van der Waals surface area contributed by atoms with Crippen molar-refractivity contribution in [3.63, 3.8) is 0 Å². The van der Waals surface area contributed by atoms with Crippen molar-refractivity contribution in [1.82, 2.24) is 9.78 Å². The average Bonchev–Trinajstić information content (AvgIpc) is 2.47. The number of benzene rings is 1. The van der Waals surface area contributed by atoms with Crippen molar-refractivity contribution in [2.24, 2.45) is 0 Å². The van der Waals surface area contributed by atoms with Gasteiger partial charge in [-0.3, -0.25) is 4.79 Å². The Morgan fingerprint density at radius 3 is 2.47 bits per heavy atom. The fourth-order valence-electron chi connectivity index (χ4n) is 1.82. The Bertz CT molecular complexity index is 635. The largest absolute Gasteiger partial charge is 0.493 e. The molecule has 1 aromatic carbocycles. The predicted molar refractivity (Wildman–Crippen MR) is 72.7 cm³/mol. The minimum atomic E-state index is -0.105. The molecule has 0 amide bonds. The topological polar surface area (TPSA) is 53.4 Å². The first kappa shape index (κ1) is 13.1. The number of aromatic nitrogens is 2. The minimum absolute atomic E-state index is 0.105. The molecule has 0 saturated carbocycles. The van der Waals surface area contributed by atoms with Crippen molar-refractivity contribution in [3.05, 3.63) is 40.7 Å². The lowest BCUT2D eigenvalue weighted by Gasteiger charge is -2.10. The average molecular weight is 260 g/mol. The van der Waals surface area contributed by atoms with E-state index in [1.54, 1.807) is 20.3 Å². The maximum atomic E-state index is 11.5. The maximum Gasteiger partial charge on any atom is 0.266 e. The second-order valence-corrected chi connectivity index (χ2v) is 3.94. The van der Waals surface area contributed by atoms with Crippen molar-refractivity contribution in [3.8, 4) is 22.8 Å². The van der Waals surface area contributed by atoms with Gasteiger partial charge in [-0.25, -0.2) is 4.68 Å². The summed E-state index contributed by atoms with van der Waals surface area (Å²) in [7, 11) is 3.18. The van der Waals surface area contributed by atoms with Crippen molar-refractivity contribution < 1.29 is 9.47 Å². The lowest BCUT2D eigenvalue weighted by atomic mass is 10.1. The second-order valence-electron chi connectivity index (χ2n) is 3.94. The van der Waals surface area contributed by atoms with E-state index in [1.807, 2.05) is 25.1 Å². The number of rotatable bonds is 4. The highest BCUT2D eigenvalue weighted by Crippen LogP contribution is 2.31. The lowest BCUT2D eigenvalue weighted by molar-refractivity contribution is 0.355. The molecule has 0 atom stereocenters. The normalized spacial score (nSPS) is 10.3. The molecule has 100 valence electrons. The van der Waals surface area contributed by atoms with E-state index < -0.39 is 0 Å². The van der Waals surface area contributed by atoms with Gasteiger partial charge in [-0.15, -0.1) is 0 Å². The van der Waals surface area contributed by atoms with Gasteiger partial charge >= 0.3 is 0 Å². The molecule has 0 bridgehead atoms. The highest BCUT2D eigenvalue weighted by atomic mass is 16.5. The minimum Gasteiger partial charge on any atom is -0.493 e. The summed E-state index contributed by atoms with van der Waals surface area (Å²) in [5, 5.41) is 4.30. The van der Waals surface area contributed by atoms with Crippen molar-refractivity contribution in [1.29, 1.82) is 0 Å². The zero-order valence-corrected chi connectivity index (χ0v) is 11.2. The summed E-state index contributed by atoms with van der Waals surface area (Å²) in [4.78, 5) is 11.5. The van der Waals surface area contributed by atoms with Crippen LogP contribution >= 0.6 is 0 Å². The van der Waals surface area contributed by atoms with Gasteiger partial charge in [0.1, 0.15) is 0 Å². The number of aryl methyl sites for hydroxylation is 1. The highest BCUT2D eigenvalue weighted by Gasteiger charge is 2.08. The summed E-state index contributed by atoms with van der Waals surface area (Å²) in [6, 6.07) is 8.76. The van der Waals surface area contributed by atoms with Gasteiger partial charge in [-0.05, 0) is 31.2 Å². The summed E-state index contributed by atoms with van der Waals surface area (Å²) in [5.74, 6) is 1.30. The van der Waals surface area contributed by atoms with Crippen molar-refractivity contribution >= 4 is 0 Å². The van der Waals surface area contributed by atoms with Crippen LogP contribution in [0.2, 0.25) is 0 Å². The second kappa shape index (κ2) is 5.56. The van der Waals surface area contributed by atoms with Crippen LogP contribution in [-0.4, -0.2) is 24.0 Å². The van der Waals surface area contributed by atoms with E-state index in [2.05, 4.69) is 5.10 Å². The number of hydrogen-bond donors (Lipinski definition) is 0. The molecule has 19 heavy (non-hydrogen) atoms. The van der Waals surface area contributed by atoms with Crippen LogP contribution in [-0.2, 0) is 6.54 Å². The zero-order valence-electron chi connectivity index (χ0n) is 11.2. The zero-order chi connectivity index (χ0) is 13.8. The van der Waals surface area contributed by atoms with E-state index in [1.165, 1.54) is 10.7 Å². The lowest BCUT2D eigenvalue weighted by Crippen LogP contribution is -2.20. The predicted octanol–water partition coefficient (Wildman–Crippen LogP) is 1.95. The summed E-state index contributed by atoms with van der Waals surface area (Å²) in [5.41, 5.74) is 1.49. The van der Waals surface area contributed by atoms with Crippen LogP contribution in [0.1, 0.15) is 6.92 Å². The molecular formula is C14H16N2O3. The van der Waals surface area contributed by atoms with Crippen LogP contribution in [0.15, 0.2) is 35.1 Å². The van der Waals surface area contributed by atoms with E-state index in [-0.39, 0.29) is 5.56 Å². The summed E-state index contributed by atoms with van der Waals surface area (Å²) in [6.45, 7) is 2.42. The number of methoxy groups -OCH3 is 2.